The Kier molecular flexibility index (Phi) is 5.10. The Morgan fingerprint density at radius 1 is 1.53 bits per heavy atom. The number of carbonyl (C=O) groups excluding carboxylic acids is 1. The minimum Gasteiger partial charge on any atom is -0.370 e. The number of nitrogens with one attached hydrogen (secondary N) is 1. The molecule has 0 heterocycles. The van der Waals surface area contributed by atoms with Gasteiger partial charge in [-0.05, 0) is 50.1 Å². The SMILES string of the molecule is Cc1cc(F)ccc1CCN[C@@H](C)CC(N)=O. The Hall–Kier alpha value is -1.42. The maximum atomic E-state index is 12.9. The fraction of sp³-hybridized carbons (Fsp3) is 0.462. The molecular formula is C13H19FN2O. The largest absolute Gasteiger partial charge is 0.370 e. The average molecular weight is 238 g/mol. The molecule has 0 aliphatic carbocycles. The van der Waals surface area contributed by atoms with Crippen molar-refractivity contribution in [3.05, 3.63) is 35.1 Å². The van der Waals surface area contributed by atoms with Crippen LogP contribution in [0.2, 0.25) is 0 Å². The van der Waals surface area contributed by atoms with Gasteiger partial charge in [0, 0.05) is 12.5 Å². The Labute approximate surface area is 101 Å². The quantitative estimate of drug-likeness (QED) is 0.789. The molecule has 4 heteroatoms. The first-order valence-corrected chi connectivity index (χ1v) is 5.75. The number of aryl methyl sites for hydroxylation is 1. The molecule has 0 saturated heterocycles. The van der Waals surface area contributed by atoms with E-state index in [2.05, 4.69) is 5.32 Å². The van der Waals surface area contributed by atoms with Crippen LogP contribution < -0.4 is 11.1 Å². The third-order valence-corrected chi connectivity index (χ3v) is 2.70. The average Bonchev–Trinajstić information content (AvgIpc) is 2.20. The van der Waals surface area contributed by atoms with Gasteiger partial charge in [0.2, 0.25) is 5.91 Å². The summed E-state index contributed by atoms with van der Waals surface area (Å²) in [7, 11) is 0. The minimum absolute atomic E-state index is 0.0771. The van der Waals surface area contributed by atoms with Crippen LogP contribution in [0.15, 0.2) is 18.2 Å². The van der Waals surface area contributed by atoms with Gasteiger partial charge in [-0.15, -0.1) is 0 Å². The predicted molar refractivity (Wildman–Crippen MR) is 66.1 cm³/mol. The fourth-order valence-corrected chi connectivity index (χ4v) is 1.77. The van der Waals surface area contributed by atoms with Crippen LogP contribution in [0.1, 0.15) is 24.5 Å². The van der Waals surface area contributed by atoms with E-state index >= 15 is 0 Å². The molecule has 0 unspecified atom stereocenters. The zero-order valence-electron chi connectivity index (χ0n) is 10.3. The van der Waals surface area contributed by atoms with Gasteiger partial charge < -0.3 is 11.1 Å². The van der Waals surface area contributed by atoms with Crippen LogP contribution in [0.3, 0.4) is 0 Å². The topological polar surface area (TPSA) is 55.1 Å². The fourth-order valence-electron chi connectivity index (χ4n) is 1.77. The molecule has 3 nitrogen and oxygen atoms in total. The molecule has 1 amide bonds. The highest BCUT2D eigenvalue weighted by Crippen LogP contribution is 2.10. The smallest absolute Gasteiger partial charge is 0.218 e. The highest BCUT2D eigenvalue weighted by Gasteiger charge is 2.05. The van der Waals surface area contributed by atoms with Crippen molar-refractivity contribution in [2.24, 2.45) is 5.73 Å². The van der Waals surface area contributed by atoms with E-state index in [1.165, 1.54) is 12.1 Å². The summed E-state index contributed by atoms with van der Waals surface area (Å²) in [6.45, 7) is 4.56. The highest BCUT2D eigenvalue weighted by atomic mass is 19.1. The zero-order chi connectivity index (χ0) is 12.8. The van der Waals surface area contributed by atoms with Crippen LogP contribution in [0, 0.1) is 12.7 Å². The normalized spacial score (nSPS) is 12.4. The number of hydrogen-bond acceptors (Lipinski definition) is 2. The molecule has 17 heavy (non-hydrogen) atoms. The molecule has 1 atom stereocenters. The number of hydrogen-bond donors (Lipinski definition) is 2. The molecule has 0 radical (unpaired) electrons. The molecule has 0 spiro atoms. The van der Waals surface area contributed by atoms with E-state index in [0.717, 1.165) is 24.1 Å². The molecular weight excluding hydrogens is 219 g/mol. The Morgan fingerprint density at radius 2 is 2.24 bits per heavy atom. The van der Waals surface area contributed by atoms with E-state index in [4.69, 9.17) is 5.73 Å². The van der Waals surface area contributed by atoms with E-state index in [0.29, 0.717) is 6.42 Å². The van der Waals surface area contributed by atoms with Gasteiger partial charge in [-0.3, -0.25) is 4.79 Å². The lowest BCUT2D eigenvalue weighted by molar-refractivity contribution is -0.118. The molecule has 0 aromatic heterocycles. The summed E-state index contributed by atoms with van der Waals surface area (Å²) >= 11 is 0. The molecule has 0 bridgehead atoms. The third-order valence-electron chi connectivity index (χ3n) is 2.70. The first kappa shape index (κ1) is 13.6. The summed E-state index contributed by atoms with van der Waals surface area (Å²) < 4.78 is 12.9. The summed E-state index contributed by atoms with van der Waals surface area (Å²) in [5.41, 5.74) is 7.17. The zero-order valence-corrected chi connectivity index (χ0v) is 10.3. The van der Waals surface area contributed by atoms with E-state index < -0.39 is 0 Å². The number of carbonyl (C=O) groups is 1. The second-order valence-electron chi connectivity index (χ2n) is 4.35. The third kappa shape index (κ3) is 4.95. The number of halogens is 1. The van der Waals surface area contributed by atoms with Crippen molar-refractivity contribution in [3.63, 3.8) is 0 Å². The first-order chi connectivity index (χ1) is 7.99. The van der Waals surface area contributed by atoms with Crippen LogP contribution >= 0.6 is 0 Å². The van der Waals surface area contributed by atoms with Crippen LogP contribution in [0.25, 0.3) is 0 Å². The van der Waals surface area contributed by atoms with E-state index in [1.807, 2.05) is 13.8 Å². The van der Waals surface area contributed by atoms with Crippen molar-refractivity contribution in [3.8, 4) is 0 Å². The Balaban J connectivity index is 2.38. The van der Waals surface area contributed by atoms with Crippen LogP contribution in [-0.2, 0) is 11.2 Å². The predicted octanol–water partition coefficient (Wildman–Crippen LogP) is 1.53. The van der Waals surface area contributed by atoms with Crippen molar-refractivity contribution in [1.82, 2.24) is 5.32 Å². The first-order valence-electron chi connectivity index (χ1n) is 5.75. The molecule has 0 saturated carbocycles. The van der Waals surface area contributed by atoms with E-state index in [-0.39, 0.29) is 17.8 Å². The van der Waals surface area contributed by atoms with E-state index in [1.54, 1.807) is 6.07 Å². The maximum Gasteiger partial charge on any atom is 0.218 e. The van der Waals surface area contributed by atoms with Gasteiger partial charge in [0.1, 0.15) is 5.82 Å². The lowest BCUT2D eigenvalue weighted by Gasteiger charge is -2.12. The van der Waals surface area contributed by atoms with E-state index in [9.17, 15) is 9.18 Å². The van der Waals surface area contributed by atoms with Gasteiger partial charge in [-0.1, -0.05) is 6.07 Å². The second-order valence-corrected chi connectivity index (χ2v) is 4.35. The van der Waals surface area contributed by atoms with Gasteiger partial charge in [0.05, 0.1) is 0 Å². The van der Waals surface area contributed by atoms with Crippen LogP contribution in [0.5, 0.6) is 0 Å². The van der Waals surface area contributed by atoms with Crippen LogP contribution in [-0.4, -0.2) is 18.5 Å². The molecule has 0 aliphatic rings. The van der Waals surface area contributed by atoms with Crippen molar-refractivity contribution >= 4 is 5.91 Å². The molecule has 0 fully saturated rings. The number of rotatable bonds is 6. The molecule has 1 aromatic carbocycles. The molecule has 1 rings (SSSR count). The van der Waals surface area contributed by atoms with Gasteiger partial charge in [0.15, 0.2) is 0 Å². The maximum absolute atomic E-state index is 12.9. The number of benzene rings is 1. The molecule has 3 N–H and O–H groups in total. The van der Waals surface area contributed by atoms with Gasteiger partial charge >= 0.3 is 0 Å². The minimum atomic E-state index is -0.303. The lowest BCUT2D eigenvalue weighted by atomic mass is 10.1. The molecule has 94 valence electrons. The number of nitrogens with two attached hydrogens (primary N) is 1. The standard InChI is InChI=1S/C13H19FN2O/c1-9-7-12(14)4-3-11(9)5-6-16-10(2)8-13(15)17/h3-4,7,10,16H,5-6,8H2,1-2H3,(H2,15,17)/t10-/m0/s1. The Morgan fingerprint density at radius 3 is 2.82 bits per heavy atom. The number of primary amides is 1. The van der Waals surface area contributed by atoms with Gasteiger partial charge in [-0.25, -0.2) is 4.39 Å². The highest BCUT2D eigenvalue weighted by molar-refractivity contribution is 5.74. The summed E-state index contributed by atoms with van der Waals surface area (Å²) in [6.07, 6.45) is 1.15. The summed E-state index contributed by atoms with van der Waals surface area (Å²) in [6, 6.07) is 4.87. The lowest BCUT2D eigenvalue weighted by Crippen LogP contribution is -2.32. The number of amides is 1. The summed E-state index contributed by atoms with van der Waals surface area (Å²) in [5.74, 6) is -0.510. The molecule has 1 aromatic rings. The summed E-state index contributed by atoms with van der Waals surface area (Å²) in [5, 5.41) is 3.21. The van der Waals surface area contributed by atoms with Crippen molar-refractivity contribution in [2.45, 2.75) is 32.7 Å². The van der Waals surface area contributed by atoms with Crippen molar-refractivity contribution in [1.29, 1.82) is 0 Å². The second kappa shape index (κ2) is 6.35. The van der Waals surface area contributed by atoms with Gasteiger partial charge in [0.25, 0.3) is 0 Å². The molecule has 0 aliphatic heterocycles. The van der Waals surface area contributed by atoms with Crippen LogP contribution in [0.4, 0.5) is 4.39 Å². The Bertz CT molecular complexity index is 393. The van der Waals surface area contributed by atoms with Crippen molar-refractivity contribution < 1.29 is 9.18 Å². The van der Waals surface area contributed by atoms with Crippen molar-refractivity contribution in [2.75, 3.05) is 6.54 Å². The van der Waals surface area contributed by atoms with Gasteiger partial charge in [-0.2, -0.15) is 0 Å². The summed E-state index contributed by atoms with van der Waals surface area (Å²) in [4.78, 5) is 10.7. The monoisotopic (exact) mass is 238 g/mol.